The number of rotatable bonds is 2. The molecule has 0 bridgehead atoms. The van der Waals surface area contributed by atoms with Gasteiger partial charge in [-0.15, -0.1) is 0 Å². The Morgan fingerprint density at radius 1 is 1.31 bits per heavy atom. The van der Waals surface area contributed by atoms with Gasteiger partial charge >= 0.3 is 15.6 Å². The van der Waals surface area contributed by atoms with E-state index in [9.17, 15) is 21.6 Å². The van der Waals surface area contributed by atoms with Crippen LogP contribution < -0.4 is 15.1 Å². The molecule has 0 aliphatic carbocycles. The molecule has 0 spiro atoms. The van der Waals surface area contributed by atoms with Gasteiger partial charge < -0.3 is 9.92 Å². The highest BCUT2D eigenvalue weighted by molar-refractivity contribution is 7.88. The molecular weight excluding hydrogens is 263 g/mol. The molecule has 0 aliphatic rings. The van der Waals surface area contributed by atoms with Crippen LogP contribution in [-0.4, -0.2) is 24.2 Å². The Morgan fingerprint density at radius 2 is 1.88 bits per heavy atom. The van der Waals surface area contributed by atoms with E-state index in [1.54, 1.807) is 0 Å². The molecule has 4 nitrogen and oxygen atoms in total. The summed E-state index contributed by atoms with van der Waals surface area (Å²) in [6.45, 7) is 0. The molecule has 2 N–H and O–H groups in total. The second-order valence-electron chi connectivity index (χ2n) is 2.95. The van der Waals surface area contributed by atoms with Gasteiger partial charge in [0.05, 0.1) is 0 Å². The maximum atomic E-state index is 12.0. The first kappa shape index (κ1) is 12.8. The first-order valence-corrected chi connectivity index (χ1v) is 6.42. The molecule has 0 heterocycles. The molecule has 0 fully saturated rings. The Bertz CT molecular complexity index is 500. The molecule has 0 saturated carbocycles. The molecule has 1 rings (SSSR count). The number of anilines is 1. The van der Waals surface area contributed by atoms with Gasteiger partial charge in [-0.05, 0) is 17.3 Å². The summed E-state index contributed by atoms with van der Waals surface area (Å²) in [5.41, 5.74) is 0.198. The summed E-state index contributed by atoms with van der Waals surface area (Å²) in [6, 6.07) is 3.90. The van der Waals surface area contributed by atoms with Crippen molar-refractivity contribution in [3.8, 4) is 5.75 Å². The molecule has 0 aromatic heterocycles. The predicted molar refractivity (Wildman–Crippen MR) is 56.0 cm³/mol. The fraction of sp³-hybridized carbons (Fsp3) is 0.143. The highest BCUT2D eigenvalue weighted by Crippen LogP contribution is 2.26. The summed E-state index contributed by atoms with van der Waals surface area (Å²) in [7, 11) is -5.35. The van der Waals surface area contributed by atoms with Crippen LogP contribution in [0.5, 0.6) is 5.75 Å². The van der Waals surface area contributed by atoms with Crippen LogP contribution in [0.4, 0.5) is 18.9 Å². The first-order chi connectivity index (χ1) is 7.15. The van der Waals surface area contributed by atoms with E-state index in [0.29, 0.717) is 0 Å². The molecule has 90 valence electrons. The SMILES string of the molecule is Nc1cccc(OS(=O)(=O)C(F)(F)F)c1[SiH3]. The Kier molecular flexibility index (Phi) is 3.19. The topological polar surface area (TPSA) is 69.4 Å². The Hall–Kier alpha value is -1.22. The minimum atomic E-state index is -5.62. The van der Waals surface area contributed by atoms with E-state index in [1.165, 1.54) is 12.1 Å². The van der Waals surface area contributed by atoms with E-state index < -0.39 is 15.6 Å². The van der Waals surface area contributed by atoms with Gasteiger partial charge in [0.2, 0.25) is 0 Å². The van der Waals surface area contributed by atoms with Crippen LogP contribution in [0.15, 0.2) is 18.2 Å². The molecule has 0 radical (unpaired) electrons. The van der Waals surface area contributed by atoms with Crippen LogP contribution in [0.1, 0.15) is 0 Å². The van der Waals surface area contributed by atoms with Gasteiger partial charge in [-0.25, -0.2) is 0 Å². The van der Waals surface area contributed by atoms with Gasteiger partial charge in [0, 0.05) is 15.9 Å². The summed E-state index contributed by atoms with van der Waals surface area (Å²) >= 11 is 0. The van der Waals surface area contributed by atoms with E-state index >= 15 is 0 Å². The number of nitrogen functional groups attached to an aromatic ring is 1. The molecule has 16 heavy (non-hydrogen) atoms. The average molecular weight is 271 g/mol. The summed E-state index contributed by atoms with van der Waals surface area (Å²) in [4.78, 5) is 0. The van der Waals surface area contributed by atoms with E-state index in [1.807, 2.05) is 0 Å². The minimum Gasteiger partial charge on any atom is -0.399 e. The molecular formula is C7H8F3NO3SSi. The molecule has 1 aromatic rings. The van der Waals surface area contributed by atoms with Crippen LogP contribution in [-0.2, 0) is 10.1 Å². The van der Waals surface area contributed by atoms with Crippen molar-refractivity contribution < 1.29 is 25.8 Å². The Labute approximate surface area is 92.8 Å². The summed E-state index contributed by atoms with van der Waals surface area (Å²) in [5.74, 6) is -0.371. The lowest BCUT2D eigenvalue weighted by Crippen LogP contribution is -2.30. The van der Waals surface area contributed by atoms with Crippen molar-refractivity contribution in [3.05, 3.63) is 18.2 Å². The molecule has 0 aliphatic heterocycles. The number of hydrogen-bond donors (Lipinski definition) is 1. The number of halogens is 3. The second-order valence-corrected chi connectivity index (χ2v) is 5.49. The van der Waals surface area contributed by atoms with E-state index in [4.69, 9.17) is 5.73 Å². The fourth-order valence-electron chi connectivity index (χ4n) is 0.887. The number of nitrogens with two attached hydrogens (primary N) is 1. The Balaban J connectivity index is 3.12. The number of alkyl halides is 3. The zero-order valence-electron chi connectivity index (χ0n) is 8.08. The Morgan fingerprint density at radius 3 is 2.38 bits per heavy atom. The zero-order valence-corrected chi connectivity index (χ0v) is 10.9. The van der Waals surface area contributed by atoms with Gasteiger partial charge in [0.25, 0.3) is 0 Å². The number of hydrogen-bond acceptors (Lipinski definition) is 4. The molecule has 0 unspecified atom stereocenters. The predicted octanol–water partition coefficient (Wildman–Crippen LogP) is -0.512. The summed E-state index contributed by atoms with van der Waals surface area (Å²) in [6.07, 6.45) is 0. The van der Waals surface area contributed by atoms with E-state index in [2.05, 4.69) is 4.18 Å². The first-order valence-electron chi connectivity index (χ1n) is 4.01. The maximum Gasteiger partial charge on any atom is 0.534 e. The van der Waals surface area contributed by atoms with Crippen molar-refractivity contribution in [2.45, 2.75) is 5.51 Å². The molecule has 0 atom stereocenters. The molecule has 1 aromatic carbocycles. The van der Waals surface area contributed by atoms with Crippen LogP contribution in [0.3, 0.4) is 0 Å². The van der Waals surface area contributed by atoms with Crippen LogP contribution in [0, 0.1) is 0 Å². The zero-order chi connectivity index (χ0) is 12.6. The van der Waals surface area contributed by atoms with Gasteiger partial charge in [-0.2, -0.15) is 21.6 Å². The highest BCUT2D eigenvalue weighted by Gasteiger charge is 2.48. The number of benzene rings is 1. The normalized spacial score (nSPS) is 12.7. The quantitative estimate of drug-likeness (QED) is 0.340. The molecule has 0 saturated heterocycles. The lowest BCUT2D eigenvalue weighted by molar-refractivity contribution is -0.0499. The maximum absolute atomic E-state index is 12.0. The average Bonchev–Trinajstić information content (AvgIpc) is 2.11. The largest absolute Gasteiger partial charge is 0.534 e. The monoisotopic (exact) mass is 271 g/mol. The third kappa shape index (κ3) is 2.47. The molecule has 9 heteroatoms. The van der Waals surface area contributed by atoms with Crippen LogP contribution in [0.25, 0.3) is 0 Å². The van der Waals surface area contributed by atoms with E-state index in [-0.39, 0.29) is 26.9 Å². The van der Waals surface area contributed by atoms with Crippen molar-refractivity contribution in [2.75, 3.05) is 5.73 Å². The fourth-order valence-corrected chi connectivity index (χ4v) is 1.98. The van der Waals surface area contributed by atoms with Crippen LogP contribution in [0.2, 0.25) is 0 Å². The van der Waals surface area contributed by atoms with Gasteiger partial charge in [-0.3, -0.25) is 0 Å². The van der Waals surface area contributed by atoms with E-state index in [0.717, 1.165) is 6.07 Å². The van der Waals surface area contributed by atoms with Gasteiger partial charge in [0.1, 0.15) is 5.75 Å². The lowest BCUT2D eigenvalue weighted by atomic mass is 10.3. The van der Waals surface area contributed by atoms with Crippen molar-refractivity contribution in [1.29, 1.82) is 0 Å². The highest BCUT2D eigenvalue weighted by atomic mass is 32.2. The minimum absolute atomic E-state index is 0.210. The van der Waals surface area contributed by atoms with Crippen molar-refractivity contribution in [2.24, 2.45) is 0 Å². The van der Waals surface area contributed by atoms with Crippen molar-refractivity contribution in [3.63, 3.8) is 0 Å². The van der Waals surface area contributed by atoms with Crippen LogP contribution >= 0.6 is 0 Å². The van der Waals surface area contributed by atoms with Gasteiger partial charge in [0.15, 0.2) is 0 Å². The van der Waals surface area contributed by atoms with Gasteiger partial charge in [-0.1, -0.05) is 6.07 Å². The third-order valence-electron chi connectivity index (χ3n) is 1.81. The second kappa shape index (κ2) is 3.98. The lowest BCUT2D eigenvalue weighted by Gasteiger charge is -2.12. The standard InChI is InChI=1S/C7H8F3NO3SSi/c8-7(9,10)15(12,13)14-5-3-1-2-4(11)6(5)16/h1-3H,11H2,16H3. The molecule has 0 amide bonds. The van der Waals surface area contributed by atoms with Crippen molar-refractivity contribution in [1.82, 2.24) is 0 Å². The summed E-state index contributed by atoms with van der Waals surface area (Å²) < 4.78 is 61.5. The third-order valence-corrected chi connectivity index (χ3v) is 3.85. The van der Waals surface area contributed by atoms with Crippen molar-refractivity contribution >= 4 is 31.2 Å². The summed E-state index contributed by atoms with van der Waals surface area (Å²) in [5, 5.41) is 0.273. The smallest absolute Gasteiger partial charge is 0.399 e.